The maximum absolute atomic E-state index is 2.65. The van der Waals surface area contributed by atoms with Gasteiger partial charge in [-0.3, -0.25) is 0 Å². The van der Waals surface area contributed by atoms with Gasteiger partial charge < -0.3 is 0 Å². The van der Waals surface area contributed by atoms with Crippen molar-refractivity contribution in [2.45, 2.75) is 51.4 Å². The van der Waals surface area contributed by atoms with Gasteiger partial charge in [0, 0.05) is 0 Å². The first-order valence-corrected chi connectivity index (χ1v) is 8.09. The summed E-state index contributed by atoms with van der Waals surface area (Å²) >= 11 is 0. The molecule has 5 rings (SSSR count). The summed E-state index contributed by atoms with van der Waals surface area (Å²) in [5.41, 5.74) is 0.832. The minimum absolute atomic E-state index is 0.832. The Kier molecular flexibility index (Phi) is 1.70. The van der Waals surface area contributed by atoms with Crippen LogP contribution in [0.5, 0.6) is 0 Å². The normalized spacial score (nSPS) is 59.4. The zero-order chi connectivity index (χ0) is 11.0. The highest BCUT2D eigenvalue weighted by Gasteiger charge is 2.69. The van der Waals surface area contributed by atoms with Gasteiger partial charge in [0.2, 0.25) is 0 Å². The Labute approximate surface area is 105 Å². The topological polar surface area (TPSA) is 0 Å². The quantitative estimate of drug-likeness (QED) is 0.460. The lowest BCUT2D eigenvalue weighted by Crippen LogP contribution is -2.45. The number of allylic oxidation sites excluding steroid dienone is 2. The summed E-state index contributed by atoms with van der Waals surface area (Å²) in [7, 11) is 0. The lowest BCUT2D eigenvalue weighted by Gasteiger charge is -2.50. The molecule has 4 fully saturated rings. The van der Waals surface area contributed by atoms with E-state index in [1.165, 1.54) is 12.8 Å². The molecular formula is C17H24. The van der Waals surface area contributed by atoms with Crippen LogP contribution >= 0.6 is 0 Å². The Balaban J connectivity index is 1.66. The van der Waals surface area contributed by atoms with Gasteiger partial charge in [-0.1, -0.05) is 25.0 Å². The molecule has 5 aliphatic rings. The first-order valence-electron chi connectivity index (χ1n) is 8.09. The summed E-state index contributed by atoms with van der Waals surface area (Å²) in [4.78, 5) is 0. The Morgan fingerprint density at radius 1 is 0.824 bits per heavy atom. The average molecular weight is 228 g/mol. The fraction of sp³-hybridized carbons (Fsp3) is 0.882. The molecule has 0 aliphatic heterocycles. The van der Waals surface area contributed by atoms with Gasteiger partial charge in [-0.2, -0.15) is 0 Å². The first kappa shape index (κ1) is 9.64. The number of fused-ring (bicyclic) bond motifs is 9. The zero-order valence-corrected chi connectivity index (χ0v) is 10.8. The average Bonchev–Trinajstić information content (AvgIpc) is 3.14. The lowest BCUT2D eigenvalue weighted by molar-refractivity contribution is -0.000976. The van der Waals surface area contributed by atoms with Crippen LogP contribution in [0.25, 0.3) is 0 Å². The van der Waals surface area contributed by atoms with Crippen molar-refractivity contribution in [3.05, 3.63) is 12.2 Å². The first-order chi connectivity index (χ1) is 8.40. The van der Waals surface area contributed by atoms with Crippen molar-refractivity contribution < 1.29 is 0 Å². The molecule has 0 spiro atoms. The summed E-state index contributed by atoms with van der Waals surface area (Å²) in [6, 6.07) is 0. The van der Waals surface area contributed by atoms with Crippen molar-refractivity contribution in [1.82, 2.24) is 0 Å². The lowest BCUT2D eigenvalue weighted by atomic mass is 9.54. The van der Waals surface area contributed by atoms with E-state index in [4.69, 9.17) is 0 Å². The molecule has 0 aromatic rings. The number of hydrogen-bond donors (Lipinski definition) is 0. The second-order valence-electron chi connectivity index (χ2n) is 7.67. The molecule has 6 atom stereocenters. The summed E-state index contributed by atoms with van der Waals surface area (Å²) in [6.07, 6.45) is 17.9. The Hall–Kier alpha value is -0.260. The van der Waals surface area contributed by atoms with Gasteiger partial charge in [0.25, 0.3) is 0 Å². The van der Waals surface area contributed by atoms with Crippen molar-refractivity contribution in [3.63, 3.8) is 0 Å². The molecule has 6 unspecified atom stereocenters. The van der Waals surface area contributed by atoms with Gasteiger partial charge in [0.05, 0.1) is 0 Å². The predicted molar refractivity (Wildman–Crippen MR) is 69.4 cm³/mol. The van der Waals surface area contributed by atoms with E-state index in [0.29, 0.717) is 0 Å². The van der Waals surface area contributed by atoms with Crippen molar-refractivity contribution in [3.8, 4) is 0 Å². The van der Waals surface area contributed by atoms with Gasteiger partial charge in [-0.15, -0.1) is 0 Å². The minimum Gasteiger partial charge on any atom is -0.0848 e. The fourth-order valence-electron chi connectivity index (χ4n) is 7.45. The van der Waals surface area contributed by atoms with Crippen LogP contribution in [0.1, 0.15) is 51.4 Å². The van der Waals surface area contributed by atoms with E-state index >= 15 is 0 Å². The molecule has 0 N–H and O–H groups in total. The van der Waals surface area contributed by atoms with Crippen LogP contribution in [0.15, 0.2) is 12.2 Å². The molecule has 0 amide bonds. The smallest absolute Gasteiger partial charge is 0.0141 e. The Morgan fingerprint density at radius 3 is 2.59 bits per heavy atom. The van der Waals surface area contributed by atoms with Gasteiger partial charge in [0.15, 0.2) is 0 Å². The Bertz CT molecular complexity index is 375. The van der Waals surface area contributed by atoms with Crippen LogP contribution in [-0.4, -0.2) is 0 Å². The molecule has 5 aliphatic carbocycles. The highest BCUT2D eigenvalue weighted by molar-refractivity contribution is 5.27. The molecule has 4 bridgehead atoms. The molecule has 0 radical (unpaired) electrons. The second-order valence-corrected chi connectivity index (χ2v) is 7.67. The third-order valence-corrected chi connectivity index (χ3v) is 7.55. The highest BCUT2D eigenvalue weighted by Crippen LogP contribution is 2.76. The van der Waals surface area contributed by atoms with Gasteiger partial charge in [0.1, 0.15) is 0 Å². The third-order valence-electron chi connectivity index (χ3n) is 7.55. The van der Waals surface area contributed by atoms with E-state index in [1.54, 1.807) is 38.5 Å². The van der Waals surface area contributed by atoms with Crippen molar-refractivity contribution in [2.24, 2.45) is 40.9 Å². The van der Waals surface area contributed by atoms with Crippen LogP contribution < -0.4 is 0 Å². The largest absolute Gasteiger partial charge is 0.0848 e. The molecule has 0 saturated heterocycles. The fourth-order valence-corrected chi connectivity index (χ4v) is 7.45. The molecule has 0 heteroatoms. The van der Waals surface area contributed by atoms with Crippen LogP contribution in [0.4, 0.5) is 0 Å². The maximum Gasteiger partial charge on any atom is -0.0141 e. The van der Waals surface area contributed by atoms with Gasteiger partial charge in [-0.05, 0) is 79.4 Å². The number of rotatable bonds is 1. The molecular weight excluding hydrogens is 204 g/mol. The van der Waals surface area contributed by atoms with E-state index < -0.39 is 0 Å². The summed E-state index contributed by atoms with van der Waals surface area (Å²) in [5.74, 6) is 6.56. The molecule has 17 heavy (non-hydrogen) atoms. The summed E-state index contributed by atoms with van der Waals surface area (Å²) < 4.78 is 0. The molecule has 4 saturated carbocycles. The SMILES string of the molecule is C1=CC2CC1C1C3CCC(C3)C21C1CCCC1. The second kappa shape index (κ2) is 3.00. The zero-order valence-electron chi connectivity index (χ0n) is 10.8. The van der Waals surface area contributed by atoms with Crippen LogP contribution in [0.2, 0.25) is 0 Å². The van der Waals surface area contributed by atoms with Crippen molar-refractivity contribution >= 4 is 0 Å². The van der Waals surface area contributed by atoms with E-state index in [1.807, 2.05) is 0 Å². The monoisotopic (exact) mass is 228 g/mol. The molecule has 0 heterocycles. The van der Waals surface area contributed by atoms with Crippen molar-refractivity contribution in [1.29, 1.82) is 0 Å². The number of hydrogen-bond acceptors (Lipinski definition) is 0. The van der Waals surface area contributed by atoms with Gasteiger partial charge >= 0.3 is 0 Å². The minimum atomic E-state index is 0.832. The maximum atomic E-state index is 2.65. The third kappa shape index (κ3) is 0.923. The molecule has 92 valence electrons. The molecule has 0 aromatic heterocycles. The standard InChI is InChI=1S/C17H24/c1-2-4-13(3-1)17-14-7-5-11(9-14)16(17)12-6-8-15(17)10-12/h5,7,11-16H,1-4,6,8-10H2. The van der Waals surface area contributed by atoms with Crippen LogP contribution in [0.3, 0.4) is 0 Å². The van der Waals surface area contributed by atoms with E-state index in [0.717, 1.165) is 40.9 Å². The van der Waals surface area contributed by atoms with E-state index in [2.05, 4.69) is 12.2 Å². The molecule has 0 nitrogen and oxygen atoms in total. The highest BCUT2D eigenvalue weighted by atomic mass is 14.7. The van der Waals surface area contributed by atoms with Crippen LogP contribution in [-0.2, 0) is 0 Å². The Morgan fingerprint density at radius 2 is 1.71 bits per heavy atom. The summed E-state index contributed by atoms with van der Waals surface area (Å²) in [5, 5.41) is 0. The van der Waals surface area contributed by atoms with E-state index in [-0.39, 0.29) is 0 Å². The van der Waals surface area contributed by atoms with E-state index in [9.17, 15) is 0 Å². The van der Waals surface area contributed by atoms with Crippen molar-refractivity contribution in [2.75, 3.05) is 0 Å². The van der Waals surface area contributed by atoms with Gasteiger partial charge in [-0.25, -0.2) is 0 Å². The molecule has 0 aromatic carbocycles. The predicted octanol–water partition coefficient (Wildman–Crippen LogP) is 4.42. The summed E-state index contributed by atoms with van der Waals surface area (Å²) in [6.45, 7) is 0. The van der Waals surface area contributed by atoms with Crippen LogP contribution in [0, 0.1) is 40.9 Å².